The Morgan fingerprint density at radius 1 is 0.976 bits per heavy atom. The van der Waals surface area contributed by atoms with E-state index < -0.39 is 29.6 Å². The Balaban J connectivity index is 1.28. The van der Waals surface area contributed by atoms with Crippen molar-refractivity contribution < 1.29 is 23.6 Å². The smallest absolute Gasteiger partial charge is 0.261 e. The molecule has 1 aromatic heterocycles. The molecule has 10 nitrogen and oxygen atoms in total. The van der Waals surface area contributed by atoms with Crippen molar-refractivity contribution in [2.75, 3.05) is 30.4 Å². The number of aromatic nitrogens is 2. The Morgan fingerprint density at radius 2 is 1.71 bits per heavy atom. The van der Waals surface area contributed by atoms with Crippen molar-refractivity contribution in [2.45, 2.75) is 12.5 Å². The van der Waals surface area contributed by atoms with Gasteiger partial charge in [-0.3, -0.25) is 24.1 Å². The van der Waals surface area contributed by atoms with Crippen LogP contribution in [0.15, 0.2) is 79.1 Å². The first-order valence-electron chi connectivity index (χ1n) is 13.3. The Kier molecular flexibility index (Phi) is 6.91. The van der Waals surface area contributed by atoms with Crippen LogP contribution in [0.2, 0.25) is 0 Å². The molecule has 0 saturated carbocycles. The molecule has 0 spiro atoms. The van der Waals surface area contributed by atoms with E-state index in [1.165, 1.54) is 18.5 Å². The molecule has 0 saturated heterocycles. The zero-order valence-corrected chi connectivity index (χ0v) is 22.5. The van der Waals surface area contributed by atoms with Gasteiger partial charge >= 0.3 is 0 Å². The molecule has 42 heavy (non-hydrogen) atoms. The normalized spacial score (nSPS) is 14.8. The van der Waals surface area contributed by atoms with Gasteiger partial charge in [-0.2, -0.15) is 0 Å². The van der Waals surface area contributed by atoms with Gasteiger partial charge < -0.3 is 15.5 Å². The molecule has 2 aliphatic rings. The van der Waals surface area contributed by atoms with Crippen LogP contribution >= 0.6 is 0 Å². The maximum atomic E-state index is 14.0. The van der Waals surface area contributed by atoms with Crippen molar-refractivity contribution in [3.05, 3.63) is 107 Å². The van der Waals surface area contributed by atoms with Crippen molar-refractivity contribution in [1.82, 2.24) is 20.2 Å². The second kappa shape index (κ2) is 10.8. The van der Waals surface area contributed by atoms with E-state index in [2.05, 4.69) is 20.6 Å². The summed E-state index contributed by atoms with van der Waals surface area (Å²) < 4.78 is 14.0. The maximum absolute atomic E-state index is 14.0. The number of carbonyl (C=O) groups excluding carboxylic acids is 4. The van der Waals surface area contributed by atoms with Gasteiger partial charge in [0.05, 0.1) is 29.4 Å². The van der Waals surface area contributed by atoms with Crippen LogP contribution < -0.4 is 15.5 Å². The fourth-order valence-electron chi connectivity index (χ4n) is 5.32. The average molecular weight is 565 g/mol. The van der Waals surface area contributed by atoms with E-state index in [-0.39, 0.29) is 25.4 Å². The topological polar surface area (TPSA) is 125 Å². The zero-order valence-electron chi connectivity index (χ0n) is 22.5. The molecular weight excluding hydrogens is 539 g/mol. The van der Waals surface area contributed by atoms with Crippen molar-refractivity contribution in [2.24, 2.45) is 0 Å². The first-order chi connectivity index (χ1) is 20.3. The van der Waals surface area contributed by atoms with Gasteiger partial charge in [0.15, 0.2) is 5.82 Å². The molecule has 0 aliphatic carbocycles. The van der Waals surface area contributed by atoms with E-state index in [0.29, 0.717) is 45.0 Å². The first kappa shape index (κ1) is 26.8. The molecule has 3 aromatic carbocycles. The fourth-order valence-corrected chi connectivity index (χ4v) is 5.32. The Hall–Kier alpha value is -5.45. The summed E-state index contributed by atoms with van der Waals surface area (Å²) >= 11 is 0. The van der Waals surface area contributed by atoms with Crippen LogP contribution in [0, 0.1) is 5.82 Å². The van der Waals surface area contributed by atoms with E-state index in [9.17, 15) is 23.6 Å². The molecule has 0 fully saturated rings. The predicted octanol–water partition coefficient (Wildman–Crippen LogP) is 3.31. The lowest BCUT2D eigenvalue weighted by Crippen LogP contribution is -2.47. The van der Waals surface area contributed by atoms with Gasteiger partial charge in [0.25, 0.3) is 17.7 Å². The van der Waals surface area contributed by atoms with E-state index in [1.54, 1.807) is 72.6 Å². The quantitative estimate of drug-likeness (QED) is 0.330. The minimum Gasteiger partial charge on any atom is -0.361 e. The average Bonchev–Trinajstić information content (AvgIpc) is 3.21. The third-order valence-electron chi connectivity index (χ3n) is 7.23. The number of benzene rings is 3. The lowest BCUT2D eigenvalue weighted by molar-refractivity contribution is -0.115. The number of nitrogens with zero attached hydrogens (tertiary/aromatic N) is 4. The third kappa shape index (κ3) is 5.07. The van der Waals surface area contributed by atoms with E-state index in [4.69, 9.17) is 0 Å². The van der Waals surface area contributed by atoms with Crippen LogP contribution in [0.5, 0.6) is 0 Å². The van der Waals surface area contributed by atoms with Crippen molar-refractivity contribution >= 4 is 35.1 Å². The number of imide groups is 1. The Morgan fingerprint density at radius 3 is 2.45 bits per heavy atom. The number of rotatable bonds is 7. The van der Waals surface area contributed by atoms with Gasteiger partial charge in [-0.05, 0) is 48.4 Å². The van der Waals surface area contributed by atoms with Crippen molar-refractivity contribution in [1.29, 1.82) is 0 Å². The monoisotopic (exact) mass is 564 g/mol. The highest BCUT2D eigenvalue weighted by Gasteiger charge is 2.37. The molecule has 0 radical (unpaired) electrons. The molecule has 6 rings (SSSR count). The van der Waals surface area contributed by atoms with E-state index in [0.717, 1.165) is 4.90 Å². The summed E-state index contributed by atoms with van der Waals surface area (Å²) in [5.41, 5.74) is 3.33. The van der Waals surface area contributed by atoms with Crippen LogP contribution in [-0.4, -0.2) is 64.7 Å². The molecule has 0 bridgehead atoms. The molecule has 4 aromatic rings. The van der Waals surface area contributed by atoms with Crippen molar-refractivity contribution in [3.63, 3.8) is 0 Å². The van der Waals surface area contributed by atoms with Crippen LogP contribution in [-0.2, 0) is 11.2 Å². The molecule has 1 unspecified atom stereocenters. The summed E-state index contributed by atoms with van der Waals surface area (Å²) in [5, 5.41) is 5.69. The van der Waals surface area contributed by atoms with Crippen LogP contribution in [0.1, 0.15) is 36.6 Å². The number of hydrogen-bond acceptors (Lipinski definition) is 7. The predicted molar refractivity (Wildman–Crippen MR) is 153 cm³/mol. The fraction of sp³-hybridized carbons (Fsp3) is 0.161. The second-order valence-corrected chi connectivity index (χ2v) is 10.2. The number of halogens is 1. The Labute approximate surface area is 240 Å². The molecule has 11 heteroatoms. The SMILES string of the molecule is CN1CC(=O)Nc2ncnc(-c3cccc(C(=O)NC(Cc4cccc(F)c4)CN4C(=O)c5ccccc5C4=O)c3)c21. The lowest BCUT2D eigenvalue weighted by Gasteiger charge is -2.28. The van der Waals surface area contributed by atoms with Gasteiger partial charge in [-0.15, -0.1) is 0 Å². The van der Waals surface area contributed by atoms with Crippen LogP contribution in [0.3, 0.4) is 0 Å². The number of nitrogens with one attached hydrogen (secondary N) is 2. The number of likely N-dealkylation sites (N-methyl/N-ethyl adjacent to an activating group) is 1. The molecule has 1 atom stereocenters. The summed E-state index contributed by atoms with van der Waals surface area (Å²) in [6.07, 6.45) is 1.53. The standard InChI is InChI=1S/C31H25FN6O4/c1-37-16-25(39)36-28-27(37)26(33-17-34-28)19-7-5-8-20(14-19)29(40)35-22(13-18-6-4-9-21(32)12-18)15-38-30(41)23-10-2-3-11-24(23)31(38)42/h2-12,14,17,22H,13,15-16H2,1H3,(H,35,40)(H,33,34,36,39). The molecule has 2 N–H and O–H groups in total. The second-order valence-electron chi connectivity index (χ2n) is 10.2. The van der Waals surface area contributed by atoms with Gasteiger partial charge in [-0.1, -0.05) is 36.4 Å². The summed E-state index contributed by atoms with van der Waals surface area (Å²) in [5.74, 6) is -1.57. The zero-order chi connectivity index (χ0) is 29.4. The third-order valence-corrected chi connectivity index (χ3v) is 7.23. The number of amides is 4. The maximum Gasteiger partial charge on any atom is 0.261 e. The van der Waals surface area contributed by atoms with E-state index >= 15 is 0 Å². The summed E-state index contributed by atoms with van der Waals surface area (Å²) in [4.78, 5) is 63.1. The molecule has 4 amide bonds. The molecular formula is C31H25FN6O4. The lowest BCUT2D eigenvalue weighted by atomic mass is 10.0. The van der Waals surface area contributed by atoms with Crippen molar-refractivity contribution in [3.8, 4) is 11.3 Å². The minimum absolute atomic E-state index is 0.0990. The summed E-state index contributed by atoms with van der Waals surface area (Å²) in [6.45, 7) is 0.0331. The highest BCUT2D eigenvalue weighted by atomic mass is 19.1. The van der Waals surface area contributed by atoms with Gasteiger partial charge in [0.2, 0.25) is 5.91 Å². The summed E-state index contributed by atoms with van der Waals surface area (Å²) in [7, 11) is 1.76. The number of hydrogen-bond donors (Lipinski definition) is 2. The van der Waals surface area contributed by atoms with Gasteiger partial charge in [0.1, 0.15) is 17.8 Å². The van der Waals surface area contributed by atoms with Crippen LogP contribution in [0.4, 0.5) is 15.9 Å². The number of carbonyl (C=O) groups is 4. The molecule has 210 valence electrons. The number of anilines is 2. The molecule has 3 heterocycles. The van der Waals surface area contributed by atoms with Crippen LogP contribution in [0.25, 0.3) is 11.3 Å². The first-order valence-corrected chi connectivity index (χ1v) is 13.3. The highest BCUT2D eigenvalue weighted by Crippen LogP contribution is 2.35. The van der Waals surface area contributed by atoms with Gasteiger partial charge in [-0.25, -0.2) is 14.4 Å². The highest BCUT2D eigenvalue weighted by molar-refractivity contribution is 6.21. The van der Waals surface area contributed by atoms with E-state index in [1.807, 2.05) is 0 Å². The summed E-state index contributed by atoms with van der Waals surface area (Å²) in [6, 6.07) is 18.6. The Bertz CT molecular complexity index is 1720. The molecule has 2 aliphatic heterocycles. The largest absolute Gasteiger partial charge is 0.361 e. The minimum atomic E-state index is -0.710. The number of fused-ring (bicyclic) bond motifs is 2. The van der Waals surface area contributed by atoms with Gasteiger partial charge in [0, 0.05) is 24.7 Å².